The van der Waals surface area contributed by atoms with Crippen LogP contribution in [0.5, 0.6) is 5.75 Å². The Labute approximate surface area is 398 Å². The number of hydrogen-bond acceptors (Lipinski definition) is 14. The second kappa shape index (κ2) is 18.4. The molecular formula is C49H57ClN10O8. The van der Waals surface area contributed by atoms with Crippen molar-refractivity contribution in [3.8, 4) is 5.75 Å². The average Bonchev–Trinajstić information content (AvgIpc) is 3.83. The molecule has 4 saturated heterocycles. The van der Waals surface area contributed by atoms with Crippen molar-refractivity contribution in [3.63, 3.8) is 0 Å². The van der Waals surface area contributed by atoms with Crippen LogP contribution in [0.15, 0.2) is 53.5 Å². The zero-order chi connectivity index (χ0) is 47.4. The van der Waals surface area contributed by atoms with Crippen LogP contribution in [0.1, 0.15) is 98.4 Å². The minimum atomic E-state index is -0.974. The number of carbonyl (C=O) groups is 5. The van der Waals surface area contributed by atoms with Gasteiger partial charge in [-0.3, -0.25) is 43.9 Å². The third-order valence-corrected chi connectivity index (χ3v) is 15.2. The fourth-order valence-electron chi connectivity index (χ4n) is 11.0. The molecule has 1 atom stereocenters. The number of rotatable bonds is 12. The first-order chi connectivity index (χ1) is 32.8. The molecule has 1 spiro atoms. The van der Waals surface area contributed by atoms with Crippen LogP contribution in [0.3, 0.4) is 0 Å². The second-order valence-corrected chi connectivity index (χ2v) is 19.9. The molecule has 10 rings (SSSR count). The molecule has 358 valence electrons. The fourth-order valence-corrected chi connectivity index (χ4v) is 11.1. The van der Waals surface area contributed by atoms with Crippen LogP contribution >= 0.6 is 11.6 Å². The van der Waals surface area contributed by atoms with Gasteiger partial charge in [0.15, 0.2) is 18.2 Å². The first kappa shape index (κ1) is 45.7. The summed E-state index contributed by atoms with van der Waals surface area (Å²) >= 11 is 6.62. The van der Waals surface area contributed by atoms with Crippen molar-refractivity contribution in [2.75, 3.05) is 68.0 Å². The number of likely N-dealkylation sites (N-methyl/N-ethyl adjacent to an activating group) is 1. The normalized spacial score (nSPS) is 23.1. The summed E-state index contributed by atoms with van der Waals surface area (Å²) in [6, 6.07) is 12.1. The number of likely N-dealkylation sites (tertiary alicyclic amines) is 1. The molecule has 0 bridgehead atoms. The zero-order valence-corrected chi connectivity index (χ0v) is 39.3. The number of piperidine rings is 3. The molecule has 6 aliphatic rings. The van der Waals surface area contributed by atoms with Crippen LogP contribution in [0.2, 0.25) is 5.02 Å². The lowest BCUT2D eigenvalue weighted by atomic mass is 9.77. The van der Waals surface area contributed by atoms with E-state index < -0.39 is 23.8 Å². The van der Waals surface area contributed by atoms with E-state index in [1.54, 1.807) is 29.0 Å². The van der Waals surface area contributed by atoms with Gasteiger partial charge in [0.1, 0.15) is 11.1 Å². The smallest absolute Gasteiger partial charge is 0.293 e. The monoisotopic (exact) mass is 948 g/mol. The Morgan fingerprint density at radius 1 is 0.897 bits per heavy atom. The van der Waals surface area contributed by atoms with E-state index in [0.29, 0.717) is 39.6 Å². The maximum atomic E-state index is 13.4. The Kier molecular flexibility index (Phi) is 12.4. The number of imide groups is 2. The van der Waals surface area contributed by atoms with E-state index in [2.05, 4.69) is 35.6 Å². The van der Waals surface area contributed by atoms with E-state index in [1.165, 1.54) is 13.5 Å². The largest absolute Gasteiger partial charge is 0.478 e. The van der Waals surface area contributed by atoms with Crippen LogP contribution in [-0.4, -0.2) is 131 Å². The lowest BCUT2D eigenvalue weighted by Gasteiger charge is -2.45. The summed E-state index contributed by atoms with van der Waals surface area (Å²) in [6.07, 6.45) is 9.40. The van der Waals surface area contributed by atoms with E-state index in [1.807, 2.05) is 38.1 Å². The quantitative estimate of drug-likeness (QED) is 0.164. The van der Waals surface area contributed by atoms with Gasteiger partial charge in [-0.1, -0.05) is 11.6 Å². The Morgan fingerprint density at radius 2 is 1.65 bits per heavy atom. The molecular weight excluding hydrogens is 892 g/mol. The van der Waals surface area contributed by atoms with Gasteiger partial charge in [-0.15, -0.1) is 0 Å². The molecule has 5 fully saturated rings. The summed E-state index contributed by atoms with van der Waals surface area (Å²) in [5.41, 5.74) is 2.94. The van der Waals surface area contributed by atoms with Crippen LogP contribution in [0.4, 0.5) is 23.1 Å². The number of pyridine rings is 1. The van der Waals surface area contributed by atoms with E-state index in [-0.39, 0.29) is 66.2 Å². The maximum absolute atomic E-state index is 13.4. The fraction of sp³-hybridized carbons (Fsp3) is 0.510. The van der Waals surface area contributed by atoms with Gasteiger partial charge in [0.05, 0.1) is 35.0 Å². The molecule has 68 heavy (non-hydrogen) atoms. The first-order valence-corrected chi connectivity index (χ1v) is 24.2. The molecule has 1 saturated carbocycles. The van der Waals surface area contributed by atoms with Crippen molar-refractivity contribution in [3.05, 3.63) is 75.2 Å². The maximum Gasteiger partial charge on any atom is 0.293 e. The van der Waals surface area contributed by atoms with E-state index in [4.69, 9.17) is 26.1 Å². The zero-order valence-electron chi connectivity index (χ0n) is 38.6. The van der Waals surface area contributed by atoms with Gasteiger partial charge in [0, 0.05) is 75.0 Å². The summed E-state index contributed by atoms with van der Waals surface area (Å²) < 4.78 is 13.9. The molecule has 18 nitrogen and oxygen atoms in total. The number of fused-ring (bicyclic) bond motifs is 2. The molecule has 2 aromatic carbocycles. The predicted octanol–water partition coefficient (Wildman–Crippen LogP) is 4.80. The number of nitrogens with zero attached hydrogens (tertiary/aromatic N) is 7. The molecule has 5 amide bonds. The Bertz CT molecular complexity index is 2740. The molecule has 4 aromatic rings. The minimum Gasteiger partial charge on any atom is -0.478 e. The SMILES string of the molecule is CNC(=O)COc1cc2cc(Nc3nc(N4CCC(O[C@H]5C[C@H](N6CCC7(CCN(c8ccc9c(c8)C(=O)N(C8CCC(=O)NC8=O)C9=O)CC7)C6)C5)CC4)ncc3Cl)ccc2n(C(C)C)c1=O. The van der Waals surface area contributed by atoms with Gasteiger partial charge in [-0.05, 0) is 120 Å². The van der Waals surface area contributed by atoms with Gasteiger partial charge in [-0.25, -0.2) is 4.98 Å². The topological polar surface area (TPSA) is 201 Å². The van der Waals surface area contributed by atoms with Gasteiger partial charge < -0.3 is 34.5 Å². The number of anilines is 4. The highest BCUT2D eigenvalue weighted by molar-refractivity contribution is 6.33. The Morgan fingerprint density at radius 3 is 2.38 bits per heavy atom. The molecule has 1 unspecified atom stereocenters. The van der Waals surface area contributed by atoms with E-state index in [0.717, 1.165) is 99.3 Å². The number of benzene rings is 2. The van der Waals surface area contributed by atoms with Gasteiger partial charge in [0.25, 0.3) is 23.3 Å². The van der Waals surface area contributed by atoms with Gasteiger partial charge in [0.2, 0.25) is 17.8 Å². The molecule has 7 heterocycles. The first-order valence-electron chi connectivity index (χ1n) is 23.8. The average molecular weight is 950 g/mol. The number of aromatic nitrogens is 3. The predicted molar refractivity (Wildman–Crippen MR) is 255 cm³/mol. The molecule has 2 aromatic heterocycles. The summed E-state index contributed by atoms with van der Waals surface area (Å²) in [7, 11) is 1.51. The highest BCUT2D eigenvalue weighted by Crippen LogP contribution is 2.45. The molecule has 3 N–H and O–H groups in total. The summed E-state index contributed by atoms with van der Waals surface area (Å²) in [6.45, 7) is 9.02. The van der Waals surface area contributed by atoms with Gasteiger partial charge in [-0.2, -0.15) is 4.98 Å². The van der Waals surface area contributed by atoms with E-state index in [9.17, 15) is 28.8 Å². The molecule has 0 radical (unpaired) electrons. The van der Waals surface area contributed by atoms with Crippen molar-refractivity contribution in [2.45, 2.75) is 102 Å². The van der Waals surface area contributed by atoms with Gasteiger partial charge >= 0.3 is 0 Å². The van der Waals surface area contributed by atoms with Crippen LogP contribution in [0, 0.1) is 5.41 Å². The number of carbonyl (C=O) groups excluding carboxylic acids is 5. The van der Waals surface area contributed by atoms with Crippen molar-refractivity contribution >= 4 is 75.2 Å². The van der Waals surface area contributed by atoms with E-state index >= 15 is 0 Å². The number of halogens is 1. The Balaban J connectivity index is 0.685. The van der Waals surface area contributed by atoms with Crippen molar-refractivity contribution in [1.29, 1.82) is 0 Å². The van der Waals surface area contributed by atoms with Crippen molar-refractivity contribution in [2.24, 2.45) is 5.41 Å². The number of amides is 5. The van der Waals surface area contributed by atoms with Crippen molar-refractivity contribution in [1.82, 2.24) is 35.0 Å². The molecule has 1 aliphatic carbocycles. The standard InChI is InChI=1S/C49H57ClN10O8/c1-28(2)59-38-7-4-30(20-29(38)21-40(47(59)66)67-26-42(62)51-3)53-43-37(50)25-52-48(55-43)57-15-10-33(11-16-57)68-34-22-32(23-34)58-19-14-49(27-58)12-17-56(18-13-49)31-5-6-35-36(24-31)46(65)60(45(35)64)39-8-9-41(61)54-44(39)63/h4-7,20-21,24-25,28,32-34,39H,8-19,22-23,26-27H2,1-3H3,(H,51,62)(H,52,53,55)(H,54,61,63)/t32-,34-,39?. The van der Waals surface area contributed by atoms with Crippen molar-refractivity contribution < 1.29 is 33.4 Å². The molecule has 19 heteroatoms. The highest BCUT2D eigenvalue weighted by Gasteiger charge is 2.47. The third-order valence-electron chi connectivity index (χ3n) is 14.9. The lowest BCUT2D eigenvalue weighted by molar-refractivity contribution is -0.136. The minimum absolute atomic E-state index is 0.0919. The highest BCUT2D eigenvalue weighted by atomic mass is 35.5. The summed E-state index contributed by atoms with van der Waals surface area (Å²) in [5.74, 6) is -1.14. The molecule has 5 aliphatic heterocycles. The Hall–Kier alpha value is -6.11. The second-order valence-electron chi connectivity index (χ2n) is 19.5. The summed E-state index contributed by atoms with van der Waals surface area (Å²) in [5, 5.41) is 9.23. The number of nitrogens with one attached hydrogen (secondary N) is 3. The lowest BCUT2D eigenvalue weighted by Crippen LogP contribution is -2.54. The summed E-state index contributed by atoms with van der Waals surface area (Å²) in [4.78, 5) is 93.5. The van der Waals surface area contributed by atoms with Crippen LogP contribution < -0.4 is 36.0 Å². The third kappa shape index (κ3) is 8.77. The number of hydrogen-bond donors (Lipinski definition) is 3. The van der Waals surface area contributed by atoms with Crippen LogP contribution in [-0.2, 0) is 19.1 Å². The number of ether oxygens (including phenoxy) is 2. The van der Waals surface area contributed by atoms with Crippen LogP contribution in [0.25, 0.3) is 10.9 Å².